The zero-order valence-corrected chi connectivity index (χ0v) is 9.96. The van der Waals surface area contributed by atoms with Crippen LogP contribution in [0.15, 0.2) is 0 Å². The summed E-state index contributed by atoms with van der Waals surface area (Å²) in [7, 11) is 1.84. The Kier molecular flexibility index (Phi) is 5.49. The predicted molar refractivity (Wildman–Crippen MR) is 60.6 cm³/mol. The molecule has 0 aromatic rings. The maximum absolute atomic E-state index is 5.41. The van der Waals surface area contributed by atoms with Gasteiger partial charge in [-0.05, 0) is 19.3 Å². The van der Waals surface area contributed by atoms with Gasteiger partial charge < -0.3 is 4.74 Å². The van der Waals surface area contributed by atoms with Crippen molar-refractivity contribution >= 4 is 0 Å². The minimum Gasteiger partial charge on any atom is -0.380 e. The van der Waals surface area contributed by atoms with Gasteiger partial charge in [-0.1, -0.05) is 26.7 Å². The van der Waals surface area contributed by atoms with Crippen LogP contribution in [0.3, 0.4) is 0 Å². The van der Waals surface area contributed by atoms with Crippen molar-refractivity contribution in [2.24, 2.45) is 0 Å². The summed E-state index contributed by atoms with van der Waals surface area (Å²) >= 11 is 0. The molecular formula is C12H25NO. The summed E-state index contributed by atoms with van der Waals surface area (Å²) in [5.41, 5.74) is 0. The number of hydrogen-bond donors (Lipinski definition) is 0. The monoisotopic (exact) mass is 199 g/mol. The third kappa shape index (κ3) is 3.25. The fourth-order valence-electron chi connectivity index (χ4n) is 2.45. The molecule has 0 unspecified atom stereocenters. The summed E-state index contributed by atoms with van der Waals surface area (Å²) in [6.07, 6.45) is 7.03. The number of rotatable bonds is 6. The van der Waals surface area contributed by atoms with Crippen LogP contribution >= 0.6 is 0 Å². The molecule has 0 aliphatic carbocycles. The van der Waals surface area contributed by atoms with Gasteiger partial charge in [0.25, 0.3) is 0 Å². The number of nitrogens with zero attached hydrogens (tertiary/aromatic N) is 1. The molecule has 2 heteroatoms. The van der Waals surface area contributed by atoms with E-state index >= 15 is 0 Å². The smallest absolute Gasteiger partial charge is 0.0710 e. The first-order valence-corrected chi connectivity index (χ1v) is 6.08. The standard InChI is InChI=1S/C12H25NO/c1-4-6-11(7-5-2)13-9-8-12(10-13)14-3/h11-12H,4-10H2,1-3H3/t12-/m0/s1. The molecule has 1 aliphatic rings. The summed E-state index contributed by atoms with van der Waals surface area (Å²) in [6, 6.07) is 0.810. The molecule has 0 amide bonds. The molecule has 0 aromatic carbocycles. The molecule has 0 saturated carbocycles. The topological polar surface area (TPSA) is 12.5 Å². The van der Waals surface area contributed by atoms with E-state index in [1.165, 1.54) is 38.6 Å². The van der Waals surface area contributed by atoms with E-state index in [1.807, 2.05) is 7.11 Å². The van der Waals surface area contributed by atoms with Crippen molar-refractivity contribution in [3.8, 4) is 0 Å². The van der Waals surface area contributed by atoms with Gasteiger partial charge in [0.05, 0.1) is 6.10 Å². The van der Waals surface area contributed by atoms with Gasteiger partial charge in [0.2, 0.25) is 0 Å². The van der Waals surface area contributed by atoms with Gasteiger partial charge in [0.15, 0.2) is 0 Å². The number of methoxy groups -OCH3 is 1. The zero-order chi connectivity index (χ0) is 10.4. The van der Waals surface area contributed by atoms with Gasteiger partial charge in [0, 0.05) is 26.2 Å². The Balaban J connectivity index is 2.36. The van der Waals surface area contributed by atoms with Crippen LogP contribution in [0, 0.1) is 0 Å². The highest BCUT2D eigenvalue weighted by atomic mass is 16.5. The molecule has 2 nitrogen and oxygen atoms in total. The normalized spacial score (nSPS) is 23.6. The number of ether oxygens (including phenoxy) is 1. The molecule has 0 N–H and O–H groups in total. The summed E-state index contributed by atoms with van der Waals surface area (Å²) in [5, 5.41) is 0. The van der Waals surface area contributed by atoms with Gasteiger partial charge in [-0.15, -0.1) is 0 Å². The Labute approximate surface area is 88.6 Å². The van der Waals surface area contributed by atoms with Crippen LogP contribution in [-0.2, 0) is 4.74 Å². The lowest BCUT2D eigenvalue weighted by atomic mass is 10.1. The first kappa shape index (κ1) is 12.0. The van der Waals surface area contributed by atoms with Gasteiger partial charge in [-0.2, -0.15) is 0 Å². The highest BCUT2D eigenvalue weighted by Gasteiger charge is 2.26. The third-order valence-electron chi connectivity index (χ3n) is 3.27. The lowest BCUT2D eigenvalue weighted by Gasteiger charge is -2.27. The number of hydrogen-bond acceptors (Lipinski definition) is 2. The van der Waals surface area contributed by atoms with E-state index in [0.717, 1.165) is 12.6 Å². The summed E-state index contributed by atoms with van der Waals surface area (Å²) in [4.78, 5) is 2.63. The lowest BCUT2D eigenvalue weighted by Crippen LogP contribution is -2.34. The summed E-state index contributed by atoms with van der Waals surface area (Å²) in [6.45, 7) is 6.96. The second-order valence-corrected chi connectivity index (χ2v) is 4.37. The van der Waals surface area contributed by atoms with Crippen molar-refractivity contribution in [2.75, 3.05) is 20.2 Å². The third-order valence-corrected chi connectivity index (χ3v) is 3.27. The molecular weight excluding hydrogens is 174 g/mol. The molecule has 14 heavy (non-hydrogen) atoms. The minimum absolute atomic E-state index is 0.492. The Hall–Kier alpha value is -0.0800. The lowest BCUT2D eigenvalue weighted by molar-refractivity contribution is 0.0983. The predicted octanol–water partition coefficient (Wildman–Crippen LogP) is 2.68. The first-order valence-electron chi connectivity index (χ1n) is 6.08. The SMILES string of the molecule is CCCC(CCC)N1CC[C@H](OC)C1. The number of likely N-dealkylation sites (tertiary alicyclic amines) is 1. The Morgan fingerprint density at radius 2 is 1.93 bits per heavy atom. The van der Waals surface area contributed by atoms with Crippen LogP contribution in [0.5, 0.6) is 0 Å². The van der Waals surface area contributed by atoms with Gasteiger partial charge >= 0.3 is 0 Å². The van der Waals surface area contributed by atoms with E-state index in [-0.39, 0.29) is 0 Å². The molecule has 1 saturated heterocycles. The molecule has 1 rings (SSSR count). The second kappa shape index (κ2) is 6.41. The van der Waals surface area contributed by atoms with Gasteiger partial charge in [0.1, 0.15) is 0 Å². The first-order chi connectivity index (χ1) is 6.81. The molecule has 1 fully saturated rings. The Morgan fingerprint density at radius 3 is 2.36 bits per heavy atom. The molecule has 0 spiro atoms. The van der Waals surface area contributed by atoms with Gasteiger partial charge in [-0.3, -0.25) is 4.90 Å². The van der Waals surface area contributed by atoms with E-state index in [2.05, 4.69) is 18.7 Å². The van der Waals surface area contributed by atoms with Crippen molar-refractivity contribution < 1.29 is 4.74 Å². The molecule has 0 radical (unpaired) electrons. The van der Waals surface area contributed by atoms with Crippen molar-refractivity contribution in [3.63, 3.8) is 0 Å². The largest absolute Gasteiger partial charge is 0.380 e. The molecule has 0 aromatic heterocycles. The highest BCUT2D eigenvalue weighted by Crippen LogP contribution is 2.20. The fourth-order valence-corrected chi connectivity index (χ4v) is 2.45. The zero-order valence-electron chi connectivity index (χ0n) is 9.96. The average Bonchev–Trinajstić information content (AvgIpc) is 2.65. The van der Waals surface area contributed by atoms with E-state index in [9.17, 15) is 0 Å². The van der Waals surface area contributed by atoms with E-state index in [1.54, 1.807) is 0 Å². The van der Waals surface area contributed by atoms with Crippen LogP contribution in [0.4, 0.5) is 0 Å². The second-order valence-electron chi connectivity index (χ2n) is 4.37. The molecule has 1 atom stereocenters. The van der Waals surface area contributed by atoms with Crippen LogP contribution in [0.2, 0.25) is 0 Å². The molecule has 84 valence electrons. The van der Waals surface area contributed by atoms with Crippen LogP contribution < -0.4 is 0 Å². The Bertz CT molecular complexity index is 143. The molecule has 0 bridgehead atoms. The van der Waals surface area contributed by atoms with E-state index in [0.29, 0.717) is 6.10 Å². The van der Waals surface area contributed by atoms with Gasteiger partial charge in [-0.25, -0.2) is 0 Å². The van der Waals surface area contributed by atoms with Crippen molar-refractivity contribution in [2.45, 2.75) is 58.1 Å². The maximum atomic E-state index is 5.41. The van der Waals surface area contributed by atoms with Crippen molar-refractivity contribution in [3.05, 3.63) is 0 Å². The quantitative estimate of drug-likeness (QED) is 0.652. The summed E-state index contributed by atoms with van der Waals surface area (Å²) in [5.74, 6) is 0. The Morgan fingerprint density at radius 1 is 1.29 bits per heavy atom. The van der Waals surface area contributed by atoms with Crippen LogP contribution in [0.1, 0.15) is 46.0 Å². The molecule has 1 aliphatic heterocycles. The summed E-state index contributed by atoms with van der Waals surface area (Å²) < 4.78 is 5.41. The van der Waals surface area contributed by atoms with E-state index in [4.69, 9.17) is 4.74 Å². The maximum Gasteiger partial charge on any atom is 0.0710 e. The highest BCUT2D eigenvalue weighted by molar-refractivity contribution is 4.81. The molecule has 1 heterocycles. The van der Waals surface area contributed by atoms with Crippen molar-refractivity contribution in [1.82, 2.24) is 4.90 Å². The van der Waals surface area contributed by atoms with E-state index < -0.39 is 0 Å². The van der Waals surface area contributed by atoms with Crippen molar-refractivity contribution in [1.29, 1.82) is 0 Å². The minimum atomic E-state index is 0.492. The fraction of sp³-hybridized carbons (Fsp3) is 1.00. The van der Waals surface area contributed by atoms with Crippen LogP contribution in [0.25, 0.3) is 0 Å². The van der Waals surface area contributed by atoms with Crippen LogP contribution in [-0.4, -0.2) is 37.2 Å². The average molecular weight is 199 g/mol.